The topological polar surface area (TPSA) is 44.2 Å². The van der Waals surface area contributed by atoms with Gasteiger partial charge in [-0.1, -0.05) is 401 Å². The van der Waals surface area contributed by atoms with Gasteiger partial charge in [-0.3, -0.25) is 0 Å². The van der Waals surface area contributed by atoms with Crippen LogP contribution in [0.2, 0.25) is 0 Å². The number of para-hydroxylation sites is 4. The van der Waals surface area contributed by atoms with E-state index >= 15 is 0 Å². The van der Waals surface area contributed by atoms with Crippen LogP contribution in [-0.4, -0.2) is 32.8 Å². The Hall–Kier alpha value is -16.2. The second kappa shape index (κ2) is 38.4. The summed E-state index contributed by atoms with van der Waals surface area (Å²) in [4.78, 5) is 9.12. The molecule has 25 rings (SSSR count). The number of hydrogen-bond donors (Lipinski definition) is 0. The maximum absolute atomic E-state index is 6.13. The van der Waals surface area contributed by atoms with Crippen LogP contribution in [0.4, 0.5) is 45.5 Å². The number of benzene rings is 19. The van der Waals surface area contributed by atoms with Crippen LogP contribution < -0.4 is 19.6 Å². The monoisotopic (exact) mass is 1910 g/mol. The molecular formula is C140H131N5O2. The Morgan fingerprint density at radius 1 is 0.197 bits per heavy atom. The van der Waals surface area contributed by atoms with Gasteiger partial charge in [0.05, 0.1) is 0 Å². The fraction of sp³-hybridized carbons (Fsp3) is 0.186. The number of hydrogen-bond acceptors (Lipinski definition) is 6. The van der Waals surface area contributed by atoms with Crippen molar-refractivity contribution in [1.29, 1.82) is 0 Å². The summed E-state index contributed by atoms with van der Waals surface area (Å²) in [6.07, 6.45) is 0. The normalized spacial score (nSPS) is 13.2. The zero-order valence-corrected chi connectivity index (χ0v) is 88.5. The summed E-state index contributed by atoms with van der Waals surface area (Å²) < 4.78 is 14.6. The molecule has 0 radical (unpaired) electrons. The Morgan fingerprint density at radius 3 is 0.864 bits per heavy atom. The minimum absolute atomic E-state index is 0.00112. The van der Waals surface area contributed by atoms with E-state index in [9.17, 15) is 0 Å². The van der Waals surface area contributed by atoms with Gasteiger partial charge in [-0.2, -0.15) is 0 Å². The molecule has 0 aliphatic heterocycles. The van der Waals surface area contributed by atoms with E-state index in [1.807, 2.05) is 36.4 Å². The molecule has 0 atom stereocenters. The predicted molar refractivity (Wildman–Crippen MR) is 629 cm³/mol. The Balaban J connectivity index is 0.000000108. The van der Waals surface area contributed by atoms with Crippen molar-refractivity contribution < 1.29 is 8.83 Å². The fourth-order valence-electron chi connectivity index (χ4n) is 22.6. The molecule has 0 saturated carbocycles. The van der Waals surface area contributed by atoms with E-state index in [4.69, 9.17) is 8.83 Å². The highest BCUT2D eigenvalue weighted by molar-refractivity contribution is 6.12. The summed E-state index contributed by atoms with van der Waals surface area (Å²) in [6, 6.07) is 155. The number of rotatable bonds is 12. The molecule has 0 unspecified atom stereocenters. The Kier molecular flexibility index (Phi) is 25.3. The van der Waals surface area contributed by atoms with Crippen molar-refractivity contribution in [2.24, 2.45) is 7.05 Å². The molecule has 3 aliphatic carbocycles. The second-order valence-corrected chi connectivity index (χ2v) is 44.7. The van der Waals surface area contributed by atoms with Crippen LogP contribution in [0.5, 0.6) is 0 Å². The molecule has 0 saturated heterocycles. The molecule has 147 heavy (non-hydrogen) atoms. The van der Waals surface area contributed by atoms with Crippen molar-refractivity contribution in [2.75, 3.05) is 47.8 Å². The van der Waals surface area contributed by atoms with E-state index in [-0.39, 0.29) is 32.5 Å². The van der Waals surface area contributed by atoms with Crippen molar-refractivity contribution >= 4 is 111 Å². The first-order valence-corrected chi connectivity index (χ1v) is 51.8. The van der Waals surface area contributed by atoms with Gasteiger partial charge in [0, 0.05) is 175 Å². The van der Waals surface area contributed by atoms with Gasteiger partial charge in [0.1, 0.15) is 22.3 Å². The first-order valence-electron chi connectivity index (χ1n) is 51.8. The van der Waals surface area contributed by atoms with Gasteiger partial charge in [-0.15, -0.1) is 0 Å². The predicted octanol–water partition coefficient (Wildman–Crippen LogP) is 38.4. The van der Waals surface area contributed by atoms with E-state index in [2.05, 4.69) is 558 Å². The van der Waals surface area contributed by atoms with Crippen LogP contribution in [0.15, 0.2) is 440 Å². The first-order chi connectivity index (χ1) is 70.7. The SMILES string of the molecule is CN(c1ccc2c(c1)C(C)(C)c1ccccc1-2)c1ccc(C(C)(C)C)cc1-c1ccccc1.CN(c1ccc2c(c1)C(C)(C)c1ccccc1-2)c1ccccc1-c1ccccc1.CN(c1ccc2c(c1)oc1ccccc12)c1ccc(C(C)(C)C)cc1-c1ccccc1.CN(c1ccc2c(c1)oc1ccccc12)c1ccccc1-c1ccccc1.Cn1c2ccc(C(C)(C)C)cc2c2cc3c(cc21)C(C)(C)c1ccccc1-3. The van der Waals surface area contributed by atoms with Gasteiger partial charge in [-0.05, 0) is 243 Å². The third kappa shape index (κ3) is 18.1. The molecule has 0 bridgehead atoms. The van der Waals surface area contributed by atoms with E-state index in [1.165, 1.54) is 184 Å². The molecule has 7 heteroatoms. The van der Waals surface area contributed by atoms with E-state index in [1.54, 1.807) is 0 Å². The molecule has 3 heterocycles. The summed E-state index contributed by atoms with van der Waals surface area (Å²) in [6.45, 7) is 34.5. The van der Waals surface area contributed by atoms with Crippen LogP contribution in [0.3, 0.4) is 0 Å². The van der Waals surface area contributed by atoms with Crippen molar-refractivity contribution in [3.8, 4) is 77.9 Å². The largest absolute Gasteiger partial charge is 0.456 e. The van der Waals surface area contributed by atoms with Crippen molar-refractivity contribution in [1.82, 2.24) is 4.57 Å². The number of anilines is 8. The highest BCUT2D eigenvalue weighted by Gasteiger charge is 2.40. The van der Waals surface area contributed by atoms with Crippen molar-refractivity contribution in [3.63, 3.8) is 0 Å². The fourth-order valence-corrected chi connectivity index (χ4v) is 22.6. The van der Waals surface area contributed by atoms with Gasteiger partial charge in [0.2, 0.25) is 0 Å². The zero-order valence-electron chi connectivity index (χ0n) is 88.5. The van der Waals surface area contributed by atoms with Crippen LogP contribution in [-0.2, 0) is 39.5 Å². The third-order valence-corrected chi connectivity index (χ3v) is 31.3. The molecule has 7 nitrogen and oxygen atoms in total. The van der Waals surface area contributed by atoms with Crippen molar-refractivity contribution in [2.45, 2.75) is 136 Å². The molecule has 0 fully saturated rings. The first kappa shape index (κ1) is 96.9. The van der Waals surface area contributed by atoms with Crippen LogP contribution >= 0.6 is 0 Å². The number of fused-ring (bicyclic) bond motifs is 18. The van der Waals surface area contributed by atoms with Gasteiger partial charge >= 0.3 is 0 Å². The van der Waals surface area contributed by atoms with Gasteiger partial charge in [0.25, 0.3) is 0 Å². The van der Waals surface area contributed by atoms with Gasteiger partial charge in [-0.25, -0.2) is 0 Å². The van der Waals surface area contributed by atoms with Gasteiger partial charge in [0.15, 0.2) is 0 Å². The molecule has 3 aliphatic rings. The average Bonchev–Trinajstić information content (AvgIpc) is 1.55. The number of furan rings is 2. The Labute approximate surface area is 868 Å². The lowest BCUT2D eigenvalue weighted by Crippen LogP contribution is -2.17. The van der Waals surface area contributed by atoms with Gasteiger partial charge < -0.3 is 33.0 Å². The molecule has 3 aromatic heterocycles. The minimum atomic E-state index is 0.00112. The molecular weight excluding hydrogens is 1780 g/mol. The lowest BCUT2D eigenvalue weighted by molar-refractivity contribution is 0.590. The Bertz CT molecular complexity index is 8710. The van der Waals surface area contributed by atoms with E-state index in [0.717, 1.165) is 55.3 Å². The van der Waals surface area contributed by atoms with Crippen LogP contribution in [0.25, 0.3) is 144 Å². The summed E-state index contributed by atoms with van der Waals surface area (Å²) in [7, 11) is 10.8. The third-order valence-electron chi connectivity index (χ3n) is 31.3. The molecule has 0 N–H and O–H groups in total. The second-order valence-electron chi connectivity index (χ2n) is 44.7. The zero-order chi connectivity index (χ0) is 102. The Morgan fingerprint density at radius 2 is 0.476 bits per heavy atom. The van der Waals surface area contributed by atoms with Crippen LogP contribution in [0, 0.1) is 0 Å². The standard InChI is InChI=1S/C32H33N.C29H27NO.C28H25N.C26H27N.C25H19NO/c1-31(2,3)23-16-19-30(27(20-23)22-12-8-7-9-13-22)33(6)24-17-18-26-25-14-10-11-15-28(25)32(4,5)29(26)21-24;1-29(2,3)21-14-17-26(25(18-21)20-10-6-5-7-11-20)30(4)22-15-16-24-23-12-8-9-13-27(23)31-28(24)19-22;1-28(2)25-15-9-7-14-23(25)24-18-17-21(19-26(24)28)29(3)27-16-10-8-13-22(27)20-11-5-4-6-12-20;1-25(2,3)16-11-12-23-19(13-16)20-14-18-17-9-7-8-10-21(17)26(4,5)22(18)15-24(20)27(23)6;1-26(23-13-7-5-11-20(23)18-9-3-2-4-10-18)19-15-16-22-21-12-6-8-14-24(21)27-25(22)17-19/h7-21H,1-6H3;5-19H,1-4H3;4-19H,1-3H3;7-15H,1-6H3;2-17H,1H3. The number of aromatic nitrogens is 1. The molecule has 728 valence electrons. The maximum atomic E-state index is 6.13. The molecule has 22 aromatic rings. The summed E-state index contributed by atoms with van der Waals surface area (Å²) in [5, 5.41) is 7.35. The number of nitrogens with zero attached hydrogens (tertiary/aromatic N) is 5. The summed E-state index contributed by atoms with van der Waals surface area (Å²) in [5.41, 5.74) is 46.9. The summed E-state index contributed by atoms with van der Waals surface area (Å²) in [5.74, 6) is 0. The lowest BCUT2D eigenvalue weighted by Gasteiger charge is -2.28. The lowest BCUT2D eigenvalue weighted by atomic mass is 9.82. The van der Waals surface area contributed by atoms with E-state index in [0.29, 0.717) is 0 Å². The maximum Gasteiger partial charge on any atom is 0.137 e. The molecule has 19 aromatic carbocycles. The van der Waals surface area contributed by atoms with Crippen LogP contribution in [0.1, 0.15) is 154 Å². The smallest absolute Gasteiger partial charge is 0.137 e. The minimum Gasteiger partial charge on any atom is -0.456 e. The highest BCUT2D eigenvalue weighted by atomic mass is 16.3. The highest BCUT2D eigenvalue weighted by Crippen LogP contribution is 2.56. The molecule has 0 spiro atoms. The average molecular weight is 1920 g/mol. The quantitative estimate of drug-likeness (QED) is 0.121. The van der Waals surface area contributed by atoms with E-state index < -0.39 is 0 Å². The number of aryl methyl sites for hydroxylation is 1. The van der Waals surface area contributed by atoms with Crippen molar-refractivity contribution in [3.05, 3.63) is 481 Å². The summed E-state index contributed by atoms with van der Waals surface area (Å²) >= 11 is 0. The molecule has 0 amide bonds.